The lowest BCUT2D eigenvalue weighted by Crippen LogP contribution is -2.35. The van der Waals surface area contributed by atoms with Crippen molar-refractivity contribution in [1.29, 1.82) is 0 Å². The molecule has 127 valence electrons. The summed E-state index contributed by atoms with van der Waals surface area (Å²) in [5.41, 5.74) is 2.20. The molecule has 0 saturated heterocycles. The Morgan fingerprint density at radius 1 is 0.875 bits per heavy atom. The van der Waals surface area contributed by atoms with E-state index < -0.39 is 0 Å². The summed E-state index contributed by atoms with van der Waals surface area (Å²) in [4.78, 5) is 16.9. The molecule has 2 aromatic rings. The van der Waals surface area contributed by atoms with Gasteiger partial charge in [-0.15, -0.1) is 0 Å². The van der Waals surface area contributed by atoms with Crippen molar-refractivity contribution >= 4 is 5.91 Å². The fourth-order valence-corrected chi connectivity index (χ4v) is 2.60. The summed E-state index contributed by atoms with van der Waals surface area (Å²) in [6.45, 7) is 9.70. The molecule has 0 atom stereocenters. The molecule has 0 heterocycles. The van der Waals surface area contributed by atoms with E-state index in [1.165, 1.54) is 0 Å². The molecule has 2 aromatic carbocycles. The zero-order valence-corrected chi connectivity index (χ0v) is 14.7. The number of benzene rings is 2. The summed E-state index contributed by atoms with van der Waals surface area (Å²) in [7, 11) is 0. The average molecular weight is 323 g/mol. The summed E-state index contributed by atoms with van der Waals surface area (Å²) in [5.74, 6) is 0.136. The maximum absolute atomic E-state index is 12.8. The lowest BCUT2D eigenvalue weighted by Gasteiger charge is -2.26. The summed E-state index contributed by atoms with van der Waals surface area (Å²) in [6.07, 6.45) is 0.433. The van der Waals surface area contributed by atoms with Crippen LogP contribution in [0.2, 0.25) is 0 Å². The smallest absolute Gasteiger partial charge is 0.227 e. The summed E-state index contributed by atoms with van der Waals surface area (Å²) in [6, 6.07) is 20.1. The molecule has 24 heavy (non-hydrogen) atoms. The van der Waals surface area contributed by atoms with Crippen LogP contribution in [-0.4, -0.2) is 35.3 Å². The average Bonchev–Trinajstić information content (AvgIpc) is 2.63. The highest BCUT2D eigenvalue weighted by Gasteiger charge is 2.16. The van der Waals surface area contributed by atoms with Gasteiger partial charge in [-0.25, -0.2) is 0 Å². The Morgan fingerprint density at radius 3 is 1.96 bits per heavy atom. The van der Waals surface area contributed by atoms with E-state index in [-0.39, 0.29) is 5.91 Å². The summed E-state index contributed by atoms with van der Waals surface area (Å²) >= 11 is 0. The molecule has 0 unspecified atom stereocenters. The van der Waals surface area contributed by atoms with Crippen LogP contribution in [0.3, 0.4) is 0 Å². The topological polar surface area (TPSA) is 23.6 Å². The van der Waals surface area contributed by atoms with Gasteiger partial charge >= 0.3 is 0 Å². The van der Waals surface area contributed by atoms with E-state index in [9.17, 15) is 4.79 Å². The lowest BCUT2D eigenvalue weighted by atomic mass is 10.1. The molecule has 3 nitrogen and oxygen atoms in total. The SMILES string of the molecule is CCN(CC)C[CH]N(Cc1ccccc1)C(=O)Cc1ccccc1. The third-order valence-corrected chi connectivity index (χ3v) is 4.17. The Kier molecular flexibility index (Phi) is 7.50. The van der Waals surface area contributed by atoms with Crippen LogP contribution in [0.15, 0.2) is 60.7 Å². The van der Waals surface area contributed by atoms with Gasteiger partial charge in [0.2, 0.25) is 5.91 Å². The standard InChI is InChI=1S/C21H27N2O/c1-3-22(4-2)15-16-23(18-20-13-9-6-10-14-20)21(24)17-19-11-7-5-8-12-19/h5-14,16H,3-4,15,17-18H2,1-2H3. The normalized spacial score (nSPS) is 10.8. The Labute approximate surface area is 145 Å². The minimum absolute atomic E-state index is 0.136. The number of carbonyl (C=O) groups is 1. The van der Waals surface area contributed by atoms with Crippen molar-refractivity contribution < 1.29 is 4.79 Å². The van der Waals surface area contributed by atoms with E-state index in [1.807, 2.05) is 60.0 Å². The highest BCUT2D eigenvalue weighted by atomic mass is 16.2. The van der Waals surface area contributed by atoms with Crippen molar-refractivity contribution in [3.05, 3.63) is 78.3 Å². The van der Waals surface area contributed by atoms with Crippen molar-refractivity contribution in [3.63, 3.8) is 0 Å². The molecule has 3 heteroatoms. The Balaban J connectivity index is 2.04. The molecule has 2 rings (SSSR count). The molecule has 0 aromatic heterocycles. The van der Waals surface area contributed by atoms with Crippen LogP contribution < -0.4 is 0 Å². The van der Waals surface area contributed by atoms with Crippen LogP contribution in [0.25, 0.3) is 0 Å². The molecular weight excluding hydrogens is 296 g/mol. The van der Waals surface area contributed by atoms with Gasteiger partial charge in [0.05, 0.1) is 13.0 Å². The van der Waals surface area contributed by atoms with Gasteiger partial charge in [-0.3, -0.25) is 4.79 Å². The molecule has 0 aliphatic heterocycles. The van der Waals surface area contributed by atoms with Crippen molar-refractivity contribution in [1.82, 2.24) is 9.80 Å². The number of hydrogen-bond donors (Lipinski definition) is 0. The van der Waals surface area contributed by atoms with Gasteiger partial charge in [0, 0.05) is 13.1 Å². The van der Waals surface area contributed by atoms with Crippen LogP contribution in [0.1, 0.15) is 25.0 Å². The van der Waals surface area contributed by atoms with Crippen LogP contribution in [0.5, 0.6) is 0 Å². The molecule has 0 N–H and O–H groups in total. The third-order valence-electron chi connectivity index (χ3n) is 4.17. The van der Waals surface area contributed by atoms with Gasteiger partial charge in [-0.2, -0.15) is 0 Å². The number of carbonyl (C=O) groups excluding carboxylic acids is 1. The van der Waals surface area contributed by atoms with Crippen LogP contribution in [0, 0.1) is 6.54 Å². The first-order valence-electron chi connectivity index (χ1n) is 8.66. The third kappa shape index (κ3) is 5.82. The van der Waals surface area contributed by atoms with Crippen molar-refractivity contribution in [2.24, 2.45) is 0 Å². The van der Waals surface area contributed by atoms with Gasteiger partial charge in [0.15, 0.2) is 0 Å². The zero-order valence-electron chi connectivity index (χ0n) is 14.7. The van der Waals surface area contributed by atoms with Gasteiger partial charge in [-0.05, 0) is 24.2 Å². The fourth-order valence-electron chi connectivity index (χ4n) is 2.60. The minimum Gasteiger partial charge on any atom is -0.332 e. The molecular formula is C21H27N2O. The van der Waals surface area contributed by atoms with Gasteiger partial charge < -0.3 is 9.80 Å². The highest BCUT2D eigenvalue weighted by Crippen LogP contribution is 2.11. The number of hydrogen-bond acceptors (Lipinski definition) is 2. The molecule has 0 bridgehead atoms. The largest absolute Gasteiger partial charge is 0.332 e. The first kappa shape index (κ1) is 18.2. The number of rotatable bonds is 9. The van der Waals surface area contributed by atoms with E-state index in [2.05, 4.69) is 30.9 Å². The van der Waals surface area contributed by atoms with Crippen molar-refractivity contribution in [3.8, 4) is 0 Å². The van der Waals surface area contributed by atoms with Crippen molar-refractivity contribution in [2.45, 2.75) is 26.8 Å². The summed E-state index contributed by atoms with van der Waals surface area (Å²) in [5, 5.41) is 0. The van der Waals surface area contributed by atoms with Gasteiger partial charge in [-0.1, -0.05) is 74.5 Å². The van der Waals surface area contributed by atoms with E-state index in [0.717, 1.165) is 30.8 Å². The monoisotopic (exact) mass is 323 g/mol. The van der Waals surface area contributed by atoms with Gasteiger partial charge in [0.1, 0.15) is 0 Å². The molecule has 0 aliphatic carbocycles. The molecule has 0 saturated carbocycles. The minimum atomic E-state index is 0.136. The second-order valence-electron chi connectivity index (χ2n) is 5.84. The Bertz CT molecular complexity index is 594. The molecule has 1 amide bonds. The second kappa shape index (κ2) is 9.89. The maximum Gasteiger partial charge on any atom is 0.227 e. The quantitative estimate of drug-likeness (QED) is 0.701. The molecule has 0 spiro atoms. The number of nitrogens with zero attached hydrogens (tertiary/aromatic N) is 2. The summed E-state index contributed by atoms with van der Waals surface area (Å²) < 4.78 is 0. The second-order valence-corrected chi connectivity index (χ2v) is 5.84. The predicted octanol–water partition coefficient (Wildman–Crippen LogP) is 3.76. The van der Waals surface area contributed by atoms with Crippen LogP contribution >= 0.6 is 0 Å². The van der Waals surface area contributed by atoms with E-state index in [1.54, 1.807) is 0 Å². The first-order valence-corrected chi connectivity index (χ1v) is 8.66. The number of likely N-dealkylation sites (N-methyl/N-ethyl adjacent to an activating group) is 1. The van der Waals surface area contributed by atoms with Crippen LogP contribution in [-0.2, 0) is 17.8 Å². The molecule has 0 aliphatic rings. The van der Waals surface area contributed by atoms with E-state index in [4.69, 9.17) is 0 Å². The van der Waals surface area contributed by atoms with Gasteiger partial charge in [0.25, 0.3) is 0 Å². The van der Waals surface area contributed by atoms with Crippen molar-refractivity contribution in [2.75, 3.05) is 19.6 Å². The maximum atomic E-state index is 12.8. The predicted molar refractivity (Wildman–Crippen MR) is 99.2 cm³/mol. The zero-order chi connectivity index (χ0) is 17.2. The number of amides is 1. The molecule has 0 fully saturated rings. The highest BCUT2D eigenvalue weighted by molar-refractivity contribution is 5.79. The fraction of sp³-hybridized carbons (Fsp3) is 0.333. The lowest BCUT2D eigenvalue weighted by molar-refractivity contribution is -0.129. The Morgan fingerprint density at radius 2 is 1.42 bits per heavy atom. The van der Waals surface area contributed by atoms with E-state index in [0.29, 0.717) is 13.0 Å². The molecule has 1 radical (unpaired) electrons. The Hall–Kier alpha value is -2.13. The van der Waals surface area contributed by atoms with Crippen LogP contribution in [0.4, 0.5) is 0 Å². The van der Waals surface area contributed by atoms with E-state index >= 15 is 0 Å². The first-order chi connectivity index (χ1) is 11.7.